The summed E-state index contributed by atoms with van der Waals surface area (Å²) in [6.45, 7) is 1.71. The van der Waals surface area contributed by atoms with E-state index in [-0.39, 0.29) is 23.7 Å². The van der Waals surface area contributed by atoms with Gasteiger partial charge in [-0.3, -0.25) is 14.4 Å². The SMILES string of the molecule is Cc1nc(NC(=O)C2C3C=CC(C3)C2C(=O)O)sc1C(=O)N(C)C. The Kier molecular flexibility index (Phi) is 4.16. The number of amides is 2. The summed E-state index contributed by atoms with van der Waals surface area (Å²) in [6, 6.07) is 0. The number of nitrogens with one attached hydrogen (secondary N) is 1. The Morgan fingerprint density at radius 1 is 1.25 bits per heavy atom. The van der Waals surface area contributed by atoms with Crippen LogP contribution in [0.15, 0.2) is 12.2 Å². The molecule has 2 bridgehead atoms. The third-order valence-electron chi connectivity index (χ3n) is 4.67. The molecule has 2 amide bonds. The quantitative estimate of drug-likeness (QED) is 0.805. The Hall–Kier alpha value is -2.22. The van der Waals surface area contributed by atoms with E-state index < -0.39 is 17.8 Å². The third-order valence-corrected chi connectivity index (χ3v) is 5.74. The molecule has 24 heavy (non-hydrogen) atoms. The molecule has 8 heteroatoms. The summed E-state index contributed by atoms with van der Waals surface area (Å²) in [5.74, 6) is -2.84. The molecule has 2 N–H and O–H groups in total. The number of carboxylic acid groups (broad SMARTS) is 1. The predicted molar refractivity (Wildman–Crippen MR) is 88.9 cm³/mol. The maximum atomic E-state index is 12.6. The fraction of sp³-hybridized carbons (Fsp3) is 0.500. The van der Waals surface area contributed by atoms with Crippen LogP contribution in [0, 0.1) is 30.6 Å². The molecule has 4 atom stereocenters. The minimum absolute atomic E-state index is 0.0416. The van der Waals surface area contributed by atoms with Crippen molar-refractivity contribution >= 4 is 34.3 Å². The van der Waals surface area contributed by atoms with Crippen LogP contribution in [0.3, 0.4) is 0 Å². The van der Waals surface area contributed by atoms with Crippen LogP contribution in [0.5, 0.6) is 0 Å². The number of thiazole rings is 1. The summed E-state index contributed by atoms with van der Waals surface area (Å²) < 4.78 is 0. The van der Waals surface area contributed by atoms with Crippen LogP contribution in [0.2, 0.25) is 0 Å². The number of aliphatic carboxylic acids is 1. The van der Waals surface area contributed by atoms with E-state index in [9.17, 15) is 19.5 Å². The average Bonchev–Trinajstić information content (AvgIpc) is 3.19. The van der Waals surface area contributed by atoms with Crippen LogP contribution in [-0.2, 0) is 9.59 Å². The zero-order valence-corrected chi connectivity index (χ0v) is 14.5. The van der Waals surface area contributed by atoms with Gasteiger partial charge in [0.05, 0.1) is 17.5 Å². The summed E-state index contributed by atoms with van der Waals surface area (Å²) in [6.07, 6.45) is 4.54. The Morgan fingerprint density at radius 2 is 1.88 bits per heavy atom. The largest absolute Gasteiger partial charge is 0.481 e. The lowest BCUT2D eigenvalue weighted by Crippen LogP contribution is -2.36. The van der Waals surface area contributed by atoms with Crippen molar-refractivity contribution in [3.63, 3.8) is 0 Å². The highest BCUT2D eigenvalue weighted by atomic mass is 32.1. The molecule has 1 aromatic rings. The first-order valence-corrected chi connectivity index (χ1v) is 8.52. The van der Waals surface area contributed by atoms with Crippen molar-refractivity contribution in [3.8, 4) is 0 Å². The van der Waals surface area contributed by atoms with E-state index >= 15 is 0 Å². The molecule has 1 fully saturated rings. The second-order valence-corrected chi connectivity index (χ2v) is 7.46. The number of hydrogen-bond donors (Lipinski definition) is 2. The maximum Gasteiger partial charge on any atom is 0.307 e. The molecular weight excluding hydrogens is 330 g/mol. The van der Waals surface area contributed by atoms with E-state index in [1.54, 1.807) is 21.0 Å². The number of fused-ring (bicyclic) bond motifs is 2. The first-order chi connectivity index (χ1) is 11.3. The van der Waals surface area contributed by atoms with Gasteiger partial charge in [0.1, 0.15) is 4.88 Å². The molecule has 7 nitrogen and oxygen atoms in total. The first-order valence-electron chi connectivity index (χ1n) is 7.70. The van der Waals surface area contributed by atoms with Gasteiger partial charge in [0.2, 0.25) is 5.91 Å². The third kappa shape index (κ3) is 2.71. The molecule has 2 aliphatic rings. The number of anilines is 1. The van der Waals surface area contributed by atoms with E-state index in [1.165, 1.54) is 4.90 Å². The van der Waals surface area contributed by atoms with Crippen LogP contribution < -0.4 is 5.32 Å². The van der Waals surface area contributed by atoms with Crippen LogP contribution in [0.4, 0.5) is 5.13 Å². The van der Waals surface area contributed by atoms with Gasteiger partial charge >= 0.3 is 5.97 Å². The minimum atomic E-state index is -0.939. The first kappa shape index (κ1) is 16.6. The van der Waals surface area contributed by atoms with Gasteiger partial charge in [-0.1, -0.05) is 23.5 Å². The number of carboxylic acids is 1. The topological polar surface area (TPSA) is 99.6 Å². The number of carbonyl (C=O) groups excluding carboxylic acids is 2. The number of aromatic nitrogens is 1. The standard InChI is InChI=1S/C16H19N3O4S/c1-7-12(14(21)19(2)3)24-16(17-7)18-13(20)10-8-4-5-9(6-8)11(10)15(22)23/h4-5,8-11H,6H2,1-3H3,(H,22,23)(H,17,18,20). The molecular formula is C16H19N3O4S. The Balaban J connectivity index is 1.78. The van der Waals surface area contributed by atoms with Gasteiger partial charge in [0.15, 0.2) is 5.13 Å². The average molecular weight is 349 g/mol. The van der Waals surface area contributed by atoms with Crippen molar-refractivity contribution in [1.82, 2.24) is 9.88 Å². The minimum Gasteiger partial charge on any atom is -0.481 e. The predicted octanol–water partition coefficient (Wildman–Crippen LogP) is 1.61. The fourth-order valence-electron chi connectivity index (χ4n) is 3.56. The molecule has 0 saturated heterocycles. The highest BCUT2D eigenvalue weighted by molar-refractivity contribution is 7.17. The molecule has 0 spiro atoms. The summed E-state index contributed by atoms with van der Waals surface area (Å²) in [7, 11) is 3.30. The molecule has 1 heterocycles. The molecule has 0 aromatic carbocycles. The van der Waals surface area contributed by atoms with Gasteiger partial charge in [-0.15, -0.1) is 0 Å². The number of allylic oxidation sites excluding steroid dienone is 2. The molecule has 1 saturated carbocycles. The lowest BCUT2D eigenvalue weighted by molar-refractivity contribution is -0.146. The normalized spacial score (nSPS) is 27.3. The van der Waals surface area contributed by atoms with Crippen molar-refractivity contribution in [2.24, 2.45) is 23.7 Å². The highest BCUT2D eigenvalue weighted by Gasteiger charge is 2.51. The summed E-state index contributed by atoms with van der Waals surface area (Å²) in [5, 5.41) is 12.5. The Morgan fingerprint density at radius 3 is 2.46 bits per heavy atom. The van der Waals surface area contributed by atoms with E-state index in [4.69, 9.17) is 0 Å². The van der Waals surface area contributed by atoms with Gasteiger partial charge < -0.3 is 15.3 Å². The smallest absolute Gasteiger partial charge is 0.307 e. The molecule has 1 aromatic heterocycles. The number of hydrogen-bond acceptors (Lipinski definition) is 5. The van der Waals surface area contributed by atoms with Crippen molar-refractivity contribution in [1.29, 1.82) is 0 Å². The van der Waals surface area contributed by atoms with Gasteiger partial charge in [0, 0.05) is 14.1 Å². The Bertz CT molecular complexity index is 740. The lowest BCUT2D eigenvalue weighted by Gasteiger charge is -2.23. The van der Waals surface area contributed by atoms with Crippen molar-refractivity contribution in [2.75, 3.05) is 19.4 Å². The summed E-state index contributed by atoms with van der Waals surface area (Å²) in [5.41, 5.74) is 0.552. The maximum absolute atomic E-state index is 12.6. The van der Waals surface area contributed by atoms with Crippen LogP contribution in [0.25, 0.3) is 0 Å². The van der Waals surface area contributed by atoms with E-state index in [2.05, 4.69) is 10.3 Å². The van der Waals surface area contributed by atoms with Crippen LogP contribution >= 0.6 is 11.3 Å². The highest BCUT2D eigenvalue weighted by Crippen LogP contribution is 2.48. The summed E-state index contributed by atoms with van der Waals surface area (Å²) in [4.78, 5) is 42.3. The molecule has 4 unspecified atom stereocenters. The van der Waals surface area contributed by atoms with E-state index in [1.807, 2.05) is 12.2 Å². The lowest BCUT2D eigenvalue weighted by atomic mass is 9.82. The molecule has 0 radical (unpaired) electrons. The Labute approximate surface area is 143 Å². The molecule has 2 aliphatic carbocycles. The number of nitrogens with zero attached hydrogens (tertiary/aromatic N) is 2. The monoisotopic (exact) mass is 349 g/mol. The van der Waals surface area contributed by atoms with Gasteiger partial charge in [-0.25, -0.2) is 4.98 Å². The van der Waals surface area contributed by atoms with Gasteiger partial charge in [0.25, 0.3) is 5.91 Å². The number of carbonyl (C=O) groups is 3. The second kappa shape index (κ2) is 6.01. The van der Waals surface area contributed by atoms with Crippen molar-refractivity contribution in [3.05, 3.63) is 22.7 Å². The van der Waals surface area contributed by atoms with E-state index in [0.29, 0.717) is 22.1 Å². The second-order valence-electron chi connectivity index (χ2n) is 6.46. The van der Waals surface area contributed by atoms with Crippen LogP contribution in [0.1, 0.15) is 21.8 Å². The number of rotatable bonds is 4. The molecule has 128 valence electrons. The molecule has 0 aliphatic heterocycles. The van der Waals surface area contributed by atoms with Crippen molar-refractivity contribution in [2.45, 2.75) is 13.3 Å². The molecule has 3 rings (SSSR count). The van der Waals surface area contributed by atoms with Gasteiger partial charge in [-0.2, -0.15) is 0 Å². The van der Waals surface area contributed by atoms with Gasteiger partial charge in [-0.05, 0) is 25.2 Å². The zero-order valence-electron chi connectivity index (χ0n) is 13.6. The number of aryl methyl sites for hydroxylation is 1. The van der Waals surface area contributed by atoms with Crippen LogP contribution in [-0.4, -0.2) is 46.9 Å². The van der Waals surface area contributed by atoms with Crippen molar-refractivity contribution < 1.29 is 19.5 Å². The zero-order chi connectivity index (χ0) is 17.6. The summed E-state index contributed by atoms with van der Waals surface area (Å²) >= 11 is 1.11. The van der Waals surface area contributed by atoms with E-state index in [0.717, 1.165) is 11.3 Å². The fourth-order valence-corrected chi connectivity index (χ4v) is 4.55.